The van der Waals surface area contributed by atoms with Gasteiger partial charge in [0.15, 0.2) is 0 Å². The van der Waals surface area contributed by atoms with Gasteiger partial charge in [0, 0.05) is 0 Å². The van der Waals surface area contributed by atoms with E-state index in [1.54, 1.807) is 35.3 Å². The van der Waals surface area contributed by atoms with Crippen molar-refractivity contribution < 1.29 is 19.4 Å². The van der Waals surface area contributed by atoms with Crippen molar-refractivity contribution in [1.82, 2.24) is 0 Å². The standard InChI is InChI=1S/C19H19IO4/c1-2-23-19(22)17(12-20)18(21)15-8-10-16(11-9-15)24-13-14-6-4-3-5-7-14/h3-12,18,21H,2,13H2,1H3/b17-12-/t18-/m0/s1. The van der Waals surface area contributed by atoms with Crippen LogP contribution < -0.4 is 4.74 Å². The Kier molecular flexibility index (Phi) is 7.27. The summed E-state index contributed by atoms with van der Waals surface area (Å²) < 4.78 is 12.2. The van der Waals surface area contributed by atoms with Gasteiger partial charge in [0.05, 0.1) is 12.2 Å². The van der Waals surface area contributed by atoms with E-state index in [9.17, 15) is 9.90 Å². The Hall–Kier alpha value is -1.86. The monoisotopic (exact) mass is 438 g/mol. The summed E-state index contributed by atoms with van der Waals surface area (Å²) in [5.74, 6) is 0.190. The predicted molar refractivity (Wildman–Crippen MR) is 101 cm³/mol. The number of halogens is 1. The van der Waals surface area contributed by atoms with Crippen LogP contribution in [0.1, 0.15) is 24.2 Å². The van der Waals surface area contributed by atoms with E-state index in [0.29, 0.717) is 17.9 Å². The number of carbonyl (C=O) groups excluding carboxylic acids is 1. The number of benzene rings is 2. The van der Waals surface area contributed by atoms with Crippen LogP contribution in [0.5, 0.6) is 5.75 Å². The maximum atomic E-state index is 11.8. The SMILES string of the molecule is CCOC(=O)/C(=C\I)[C@@H](O)c1ccc(OCc2ccccc2)cc1. The molecular weight excluding hydrogens is 419 g/mol. The molecule has 0 saturated heterocycles. The number of aliphatic hydroxyl groups excluding tert-OH is 1. The van der Waals surface area contributed by atoms with E-state index in [-0.39, 0.29) is 12.2 Å². The molecule has 2 rings (SSSR count). The number of hydrogen-bond donors (Lipinski definition) is 1. The molecule has 0 unspecified atom stereocenters. The highest BCUT2D eigenvalue weighted by Gasteiger charge is 2.21. The van der Waals surface area contributed by atoms with E-state index < -0.39 is 12.1 Å². The first-order valence-corrected chi connectivity index (χ1v) is 8.82. The Morgan fingerprint density at radius 2 is 1.83 bits per heavy atom. The number of carbonyl (C=O) groups is 1. The van der Waals surface area contributed by atoms with Crippen LogP contribution in [0.25, 0.3) is 0 Å². The van der Waals surface area contributed by atoms with Gasteiger partial charge in [-0.15, -0.1) is 0 Å². The topological polar surface area (TPSA) is 55.8 Å². The third kappa shape index (κ3) is 5.07. The molecule has 126 valence electrons. The Balaban J connectivity index is 2.01. The fourth-order valence-electron chi connectivity index (χ4n) is 2.10. The molecule has 0 aromatic heterocycles. The maximum absolute atomic E-state index is 11.8. The largest absolute Gasteiger partial charge is 0.489 e. The number of aliphatic hydroxyl groups is 1. The van der Waals surface area contributed by atoms with Crippen molar-refractivity contribution in [2.45, 2.75) is 19.6 Å². The zero-order chi connectivity index (χ0) is 17.4. The van der Waals surface area contributed by atoms with Crippen molar-refractivity contribution in [3.63, 3.8) is 0 Å². The van der Waals surface area contributed by atoms with E-state index in [2.05, 4.69) is 0 Å². The van der Waals surface area contributed by atoms with Crippen LogP contribution in [0.15, 0.2) is 64.3 Å². The van der Waals surface area contributed by atoms with E-state index in [0.717, 1.165) is 5.56 Å². The predicted octanol–water partition coefficient (Wildman–Crippen LogP) is 4.18. The molecule has 0 spiro atoms. The smallest absolute Gasteiger partial charge is 0.337 e. The van der Waals surface area contributed by atoms with Gasteiger partial charge in [-0.05, 0) is 34.3 Å². The second-order valence-electron chi connectivity index (χ2n) is 5.03. The fraction of sp³-hybridized carbons (Fsp3) is 0.211. The Labute approximate surface area is 155 Å². The lowest BCUT2D eigenvalue weighted by Gasteiger charge is -2.14. The van der Waals surface area contributed by atoms with Crippen LogP contribution >= 0.6 is 22.6 Å². The lowest BCUT2D eigenvalue weighted by molar-refractivity contribution is -0.139. The maximum Gasteiger partial charge on any atom is 0.337 e. The lowest BCUT2D eigenvalue weighted by Crippen LogP contribution is -2.14. The summed E-state index contributed by atoms with van der Waals surface area (Å²) in [6.45, 7) is 2.48. The van der Waals surface area contributed by atoms with Gasteiger partial charge in [-0.1, -0.05) is 65.1 Å². The fourth-order valence-corrected chi connectivity index (χ4v) is 2.69. The van der Waals surface area contributed by atoms with Gasteiger partial charge in [0.1, 0.15) is 18.5 Å². The quantitative estimate of drug-likeness (QED) is 0.401. The van der Waals surface area contributed by atoms with Crippen molar-refractivity contribution in [1.29, 1.82) is 0 Å². The summed E-state index contributed by atoms with van der Waals surface area (Å²) in [7, 11) is 0. The minimum Gasteiger partial charge on any atom is -0.489 e. The second-order valence-corrected chi connectivity index (χ2v) is 5.65. The van der Waals surface area contributed by atoms with Crippen LogP contribution in [-0.2, 0) is 16.1 Å². The van der Waals surface area contributed by atoms with E-state index >= 15 is 0 Å². The van der Waals surface area contributed by atoms with Gasteiger partial charge in [0.25, 0.3) is 0 Å². The Morgan fingerprint density at radius 3 is 2.42 bits per heavy atom. The second kappa shape index (κ2) is 9.44. The number of hydrogen-bond acceptors (Lipinski definition) is 4. The van der Waals surface area contributed by atoms with Gasteiger partial charge in [-0.2, -0.15) is 0 Å². The molecule has 0 aliphatic heterocycles. The minimum atomic E-state index is -1.02. The number of ether oxygens (including phenoxy) is 2. The summed E-state index contributed by atoms with van der Waals surface area (Å²) in [5.41, 5.74) is 1.91. The molecule has 0 aliphatic carbocycles. The van der Waals surface area contributed by atoms with Gasteiger partial charge < -0.3 is 14.6 Å². The molecule has 2 aromatic rings. The first-order chi connectivity index (χ1) is 11.7. The molecule has 5 heteroatoms. The molecular formula is C19H19IO4. The molecule has 24 heavy (non-hydrogen) atoms. The molecule has 0 aliphatic rings. The zero-order valence-corrected chi connectivity index (χ0v) is 15.5. The molecule has 0 heterocycles. The first kappa shape index (κ1) is 18.5. The van der Waals surface area contributed by atoms with E-state index in [1.807, 2.05) is 52.9 Å². The van der Waals surface area contributed by atoms with Crippen molar-refractivity contribution in [3.8, 4) is 5.75 Å². The molecule has 4 nitrogen and oxygen atoms in total. The molecule has 1 atom stereocenters. The van der Waals surface area contributed by atoms with Crippen molar-refractivity contribution >= 4 is 28.6 Å². The van der Waals surface area contributed by atoms with Crippen LogP contribution in [0.4, 0.5) is 0 Å². The highest BCUT2D eigenvalue weighted by Crippen LogP contribution is 2.26. The van der Waals surface area contributed by atoms with Gasteiger partial charge in [-0.3, -0.25) is 0 Å². The van der Waals surface area contributed by atoms with Crippen molar-refractivity contribution in [2.75, 3.05) is 6.61 Å². The summed E-state index contributed by atoms with van der Waals surface area (Å²) in [6.07, 6.45) is -1.02. The first-order valence-electron chi connectivity index (χ1n) is 7.57. The molecule has 0 amide bonds. The molecule has 2 aromatic carbocycles. The lowest BCUT2D eigenvalue weighted by atomic mass is 10.0. The third-order valence-corrected chi connectivity index (χ3v) is 4.04. The average Bonchev–Trinajstić information content (AvgIpc) is 2.62. The highest BCUT2D eigenvalue weighted by molar-refractivity contribution is 14.1. The molecule has 0 saturated carbocycles. The van der Waals surface area contributed by atoms with Crippen molar-refractivity contribution in [2.24, 2.45) is 0 Å². The zero-order valence-electron chi connectivity index (χ0n) is 13.3. The van der Waals surface area contributed by atoms with Gasteiger partial charge >= 0.3 is 5.97 Å². The van der Waals surface area contributed by atoms with Crippen LogP contribution in [-0.4, -0.2) is 17.7 Å². The molecule has 0 fully saturated rings. The third-order valence-electron chi connectivity index (χ3n) is 3.37. The minimum absolute atomic E-state index is 0.218. The highest BCUT2D eigenvalue weighted by atomic mass is 127. The van der Waals surface area contributed by atoms with Gasteiger partial charge in [-0.25, -0.2) is 4.79 Å². The van der Waals surface area contributed by atoms with Crippen molar-refractivity contribution in [3.05, 3.63) is 75.4 Å². The van der Waals surface area contributed by atoms with Crippen LogP contribution in [0, 0.1) is 0 Å². The average molecular weight is 438 g/mol. The number of esters is 1. The molecule has 0 bridgehead atoms. The van der Waals surface area contributed by atoms with E-state index in [4.69, 9.17) is 9.47 Å². The normalized spacial score (nSPS) is 12.5. The Bertz CT molecular complexity index is 680. The summed E-state index contributed by atoms with van der Waals surface area (Å²) in [6, 6.07) is 16.9. The summed E-state index contributed by atoms with van der Waals surface area (Å²) >= 11 is 1.93. The summed E-state index contributed by atoms with van der Waals surface area (Å²) in [5, 5.41) is 10.4. The summed E-state index contributed by atoms with van der Waals surface area (Å²) in [4.78, 5) is 11.8. The van der Waals surface area contributed by atoms with E-state index in [1.165, 1.54) is 0 Å². The van der Waals surface area contributed by atoms with Crippen LogP contribution in [0.2, 0.25) is 0 Å². The van der Waals surface area contributed by atoms with Gasteiger partial charge in [0.2, 0.25) is 0 Å². The number of rotatable bonds is 7. The molecule has 0 radical (unpaired) electrons. The Morgan fingerprint density at radius 1 is 1.17 bits per heavy atom. The molecule has 1 N–H and O–H groups in total. The van der Waals surface area contributed by atoms with Crippen LogP contribution in [0.3, 0.4) is 0 Å².